The Balaban J connectivity index is 2.34. The molecule has 0 spiro atoms. The average Bonchev–Trinajstić information content (AvgIpc) is 2.29. The van der Waals surface area contributed by atoms with Gasteiger partial charge in [0.15, 0.2) is 5.69 Å². The number of hydrogen-bond acceptors (Lipinski definition) is 1. The lowest BCUT2D eigenvalue weighted by atomic mass is 9.99. The highest BCUT2D eigenvalue weighted by Gasteiger charge is 2.10. The highest BCUT2D eigenvalue weighted by atomic mass is 35.5. The minimum Gasteiger partial charge on any atom is -0.302 e. The molecule has 0 saturated heterocycles. The Labute approximate surface area is 101 Å². The lowest BCUT2D eigenvalue weighted by molar-refractivity contribution is 0.370. The standard InChI is InChI=1S/C13H13ClN2/c1-15-13-8-11(7-12(14)9-13)10-3-5-16(2)6-4-10/h3,7-9H,4-6H2,2H3. The summed E-state index contributed by atoms with van der Waals surface area (Å²) in [5, 5.41) is 0.642. The second-order valence-corrected chi connectivity index (χ2v) is 4.49. The smallest absolute Gasteiger partial charge is 0.189 e. The van der Waals surface area contributed by atoms with Gasteiger partial charge in [0, 0.05) is 18.1 Å². The fourth-order valence-corrected chi connectivity index (χ4v) is 2.09. The van der Waals surface area contributed by atoms with E-state index in [2.05, 4.69) is 22.9 Å². The van der Waals surface area contributed by atoms with Gasteiger partial charge >= 0.3 is 0 Å². The quantitative estimate of drug-likeness (QED) is 0.672. The summed E-state index contributed by atoms with van der Waals surface area (Å²) in [5.41, 5.74) is 3.00. The van der Waals surface area contributed by atoms with Crippen molar-refractivity contribution in [3.8, 4) is 0 Å². The van der Waals surface area contributed by atoms with Crippen LogP contribution in [0.4, 0.5) is 5.69 Å². The number of halogens is 1. The van der Waals surface area contributed by atoms with Crippen molar-refractivity contribution in [1.82, 2.24) is 4.90 Å². The molecule has 0 aromatic heterocycles. The van der Waals surface area contributed by atoms with Crippen molar-refractivity contribution in [1.29, 1.82) is 0 Å². The summed E-state index contributed by atoms with van der Waals surface area (Å²) in [7, 11) is 2.11. The van der Waals surface area contributed by atoms with Gasteiger partial charge in [0.25, 0.3) is 0 Å². The summed E-state index contributed by atoms with van der Waals surface area (Å²) in [6.07, 6.45) is 3.23. The Morgan fingerprint density at radius 2 is 2.19 bits per heavy atom. The molecule has 82 valence electrons. The van der Waals surface area contributed by atoms with Crippen molar-refractivity contribution >= 4 is 22.9 Å². The molecule has 0 amide bonds. The summed E-state index contributed by atoms with van der Waals surface area (Å²) in [6.45, 7) is 9.05. The van der Waals surface area contributed by atoms with Crippen LogP contribution in [0.2, 0.25) is 5.02 Å². The van der Waals surface area contributed by atoms with Crippen molar-refractivity contribution in [2.24, 2.45) is 0 Å². The molecule has 2 nitrogen and oxygen atoms in total. The van der Waals surface area contributed by atoms with Crippen LogP contribution in [-0.4, -0.2) is 25.0 Å². The lowest BCUT2D eigenvalue weighted by Crippen LogP contribution is -2.23. The first-order valence-electron chi connectivity index (χ1n) is 5.25. The van der Waals surface area contributed by atoms with Crippen molar-refractivity contribution in [2.75, 3.05) is 20.1 Å². The van der Waals surface area contributed by atoms with Crippen molar-refractivity contribution in [3.63, 3.8) is 0 Å². The van der Waals surface area contributed by atoms with Gasteiger partial charge in [-0.3, -0.25) is 0 Å². The van der Waals surface area contributed by atoms with E-state index in [4.69, 9.17) is 18.2 Å². The zero-order chi connectivity index (χ0) is 11.5. The van der Waals surface area contributed by atoms with Crippen LogP contribution in [0.25, 0.3) is 10.4 Å². The van der Waals surface area contributed by atoms with Crippen LogP contribution >= 0.6 is 11.6 Å². The van der Waals surface area contributed by atoms with Gasteiger partial charge in [0.05, 0.1) is 6.57 Å². The number of hydrogen-bond donors (Lipinski definition) is 0. The molecule has 1 aliphatic heterocycles. The minimum absolute atomic E-state index is 0.613. The first-order chi connectivity index (χ1) is 7.69. The number of likely N-dealkylation sites (N-methyl/N-ethyl adjacent to an activating group) is 1. The fraction of sp³-hybridized carbons (Fsp3) is 0.308. The molecule has 2 rings (SSSR count). The van der Waals surface area contributed by atoms with Crippen LogP contribution in [0, 0.1) is 6.57 Å². The van der Waals surface area contributed by atoms with Gasteiger partial charge < -0.3 is 4.90 Å². The minimum atomic E-state index is 0.613. The van der Waals surface area contributed by atoms with Gasteiger partial charge in [0.1, 0.15) is 0 Å². The molecule has 0 saturated carbocycles. The molecule has 0 unspecified atom stereocenters. The second kappa shape index (κ2) is 4.69. The molecule has 0 radical (unpaired) electrons. The number of rotatable bonds is 1. The number of nitrogens with zero attached hydrogens (tertiary/aromatic N) is 2. The lowest BCUT2D eigenvalue weighted by Gasteiger charge is -2.22. The Morgan fingerprint density at radius 1 is 1.38 bits per heavy atom. The van der Waals surface area contributed by atoms with Gasteiger partial charge in [-0.05, 0) is 42.8 Å². The first-order valence-corrected chi connectivity index (χ1v) is 5.63. The maximum atomic E-state index is 7.02. The molecular formula is C13H13ClN2. The van der Waals surface area contributed by atoms with Crippen molar-refractivity contribution in [3.05, 3.63) is 46.3 Å². The van der Waals surface area contributed by atoms with E-state index in [1.807, 2.05) is 12.1 Å². The van der Waals surface area contributed by atoms with E-state index in [0.29, 0.717) is 10.7 Å². The summed E-state index contributed by atoms with van der Waals surface area (Å²) >= 11 is 6.00. The van der Waals surface area contributed by atoms with Crippen molar-refractivity contribution < 1.29 is 0 Å². The number of benzene rings is 1. The van der Waals surface area contributed by atoms with Crippen LogP contribution in [0.1, 0.15) is 12.0 Å². The molecule has 0 N–H and O–H groups in total. The summed E-state index contributed by atoms with van der Waals surface area (Å²) in [6, 6.07) is 5.55. The van der Waals surface area contributed by atoms with Crippen LogP contribution in [0.3, 0.4) is 0 Å². The third-order valence-electron chi connectivity index (χ3n) is 2.79. The molecule has 16 heavy (non-hydrogen) atoms. The summed E-state index contributed by atoms with van der Waals surface area (Å²) in [5.74, 6) is 0. The third kappa shape index (κ3) is 2.44. The molecule has 0 aliphatic carbocycles. The van der Waals surface area contributed by atoms with Crippen molar-refractivity contribution in [2.45, 2.75) is 6.42 Å². The molecule has 1 aromatic carbocycles. The Morgan fingerprint density at radius 3 is 2.81 bits per heavy atom. The van der Waals surface area contributed by atoms with Gasteiger partial charge in [-0.1, -0.05) is 17.7 Å². The molecular weight excluding hydrogens is 220 g/mol. The van der Waals surface area contributed by atoms with E-state index in [9.17, 15) is 0 Å². The van der Waals surface area contributed by atoms with Gasteiger partial charge in [0.2, 0.25) is 0 Å². The van der Waals surface area contributed by atoms with E-state index in [-0.39, 0.29) is 0 Å². The van der Waals surface area contributed by atoms with E-state index < -0.39 is 0 Å². The van der Waals surface area contributed by atoms with E-state index in [1.54, 1.807) is 6.07 Å². The SMILES string of the molecule is [C-]#[N+]c1cc(Cl)cc(C2=CCN(C)CC2)c1. The van der Waals surface area contributed by atoms with E-state index in [1.165, 1.54) is 5.57 Å². The monoisotopic (exact) mass is 232 g/mol. The maximum Gasteiger partial charge on any atom is 0.189 e. The Bertz CT molecular complexity index is 471. The highest BCUT2D eigenvalue weighted by molar-refractivity contribution is 6.31. The van der Waals surface area contributed by atoms with Crippen LogP contribution in [0.15, 0.2) is 24.3 Å². The Kier molecular flexibility index (Phi) is 3.28. The fourth-order valence-electron chi connectivity index (χ4n) is 1.86. The van der Waals surface area contributed by atoms with Gasteiger partial charge in [-0.25, -0.2) is 4.85 Å². The molecule has 0 fully saturated rings. The largest absolute Gasteiger partial charge is 0.302 e. The molecule has 1 heterocycles. The normalized spacial score (nSPS) is 16.7. The topological polar surface area (TPSA) is 7.60 Å². The molecule has 1 aromatic rings. The third-order valence-corrected chi connectivity index (χ3v) is 3.01. The predicted molar refractivity (Wildman–Crippen MR) is 67.8 cm³/mol. The first kappa shape index (κ1) is 11.2. The summed E-state index contributed by atoms with van der Waals surface area (Å²) in [4.78, 5) is 5.70. The molecule has 0 atom stereocenters. The summed E-state index contributed by atoms with van der Waals surface area (Å²) < 4.78 is 0. The second-order valence-electron chi connectivity index (χ2n) is 4.05. The van der Waals surface area contributed by atoms with Gasteiger partial charge in [-0.15, -0.1) is 0 Å². The predicted octanol–water partition coefficient (Wildman–Crippen LogP) is 3.61. The van der Waals surface area contributed by atoms with Crippen LogP contribution < -0.4 is 0 Å². The average molecular weight is 233 g/mol. The van der Waals surface area contributed by atoms with Gasteiger partial charge in [-0.2, -0.15) is 0 Å². The van der Waals surface area contributed by atoms with Crippen LogP contribution in [-0.2, 0) is 0 Å². The molecule has 1 aliphatic rings. The zero-order valence-corrected chi connectivity index (χ0v) is 9.96. The van der Waals surface area contributed by atoms with E-state index >= 15 is 0 Å². The Hall–Kier alpha value is -1.30. The molecule has 3 heteroatoms. The zero-order valence-electron chi connectivity index (χ0n) is 9.20. The van der Waals surface area contributed by atoms with Crippen LogP contribution in [0.5, 0.6) is 0 Å². The maximum absolute atomic E-state index is 7.02. The molecule has 0 bridgehead atoms. The highest BCUT2D eigenvalue weighted by Crippen LogP contribution is 2.28. The van der Waals surface area contributed by atoms with E-state index in [0.717, 1.165) is 25.1 Å².